The lowest BCUT2D eigenvalue weighted by Crippen LogP contribution is -2.05. The number of benzene rings is 3. The highest BCUT2D eigenvalue weighted by molar-refractivity contribution is 6.04. The Labute approximate surface area is 201 Å². The first-order valence-electron chi connectivity index (χ1n) is 10.5. The van der Waals surface area contributed by atoms with Crippen molar-refractivity contribution in [2.24, 2.45) is 0 Å². The predicted octanol–water partition coefficient (Wildman–Crippen LogP) is 6.71. The minimum absolute atomic E-state index is 0.165. The maximum absolute atomic E-state index is 12.7. The van der Waals surface area contributed by atoms with Gasteiger partial charge in [-0.1, -0.05) is 36.4 Å². The third-order valence-electron chi connectivity index (χ3n) is 5.02. The maximum atomic E-state index is 12.7. The van der Waals surface area contributed by atoms with Crippen molar-refractivity contribution in [1.29, 1.82) is 0 Å². The summed E-state index contributed by atoms with van der Waals surface area (Å²) in [5.74, 6) is 1.19. The molecule has 1 N–H and O–H groups in total. The van der Waals surface area contributed by atoms with Crippen LogP contribution >= 0.6 is 0 Å². The molecule has 0 heterocycles. The zero-order chi connectivity index (χ0) is 25.4. The van der Waals surface area contributed by atoms with Gasteiger partial charge in [0.05, 0.1) is 26.9 Å². The van der Waals surface area contributed by atoms with E-state index in [9.17, 15) is 18.0 Å². The number of halogens is 3. The molecule has 0 aliphatic heterocycles. The molecule has 0 saturated heterocycles. The zero-order valence-corrected chi connectivity index (χ0v) is 19.3. The van der Waals surface area contributed by atoms with Crippen LogP contribution in [0, 0.1) is 0 Å². The minimum atomic E-state index is -4.44. The van der Waals surface area contributed by atoms with E-state index in [1.165, 1.54) is 12.3 Å². The summed E-state index contributed by atoms with van der Waals surface area (Å²) in [4.78, 5) is 12.2. The summed E-state index contributed by atoms with van der Waals surface area (Å²) < 4.78 is 54.1. The van der Waals surface area contributed by atoms with E-state index in [1.54, 1.807) is 21.3 Å². The summed E-state index contributed by atoms with van der Waals surface area (Å²) in [5.41, 5.74) is 1.84. The molecule has 35 heavy (non-hydrogen) atoms. The van der Waals surface area contributed by atoms with Crippen molar-refractivity contribution in [3.8, 4) is 17.2 Å². The lowest BCUT2D eigenvalue weighted by atomic mass is 10.1. The number of carbonyl (C=O) groups is 1. The smallest absolute Gasteiger partial charge is 0.416 e. The van der Waals surface area contributed by atoms with E-state index in [0.29, 0.717) is 17.2 Å². The third-order valence-corrected chi connectivity index (χ3v) is 5.02. The second-order valence-electron chi connectivity index (χ2n) is 7.33. The fraction of sp³-hybridized carbons (Fsp3) is 0.148. The molecule has 0 atom stereocenters. The number of ether oxygens (including phenoxy) is 3. The standard InChI is InChI=1S/C27H24F3NO4/c1-33-24-16-19(17-25(34-2)26(24)35-3)8-7-18-5-4-6-22(15-18)31-14-13-23(32)20-9-11-21(12-10-20)27(28,29)30/h4-17,31H,1-3H3. The molecule has 0 radical (unpaired) electrons. The molecular weight excluding hydrogens is 459 g/mol. The Morgan fingerprint density at radius 3 is 2.03 bits per heavy atom. The monoisotopic (exact) mass is 483 g/mol. The number of rotatable bonds is 9. The Morgan fingerprint density at radius 2 is 1.46 bits per heavy atom. The lowest BCUT2D eigenvalue weighted by molar-refractivity contribution is -0.137. The molecular formula is C27H24F3NO4. The van der Waals surface area contributed by atoms with Gasteiger partial charge in [-0.15, -0.1) is 0 Å². The Morgan fingerprint density at radius 1 is 0.829 bits per heavy atom. The molecule has 182 valence electrons. The minimum Gasteiger partial charge on any atom is -0.493 e. The van der Waals surface area contributed by atoms with Gasteiger partial charge in [-0.2, -0.15) is 13.2 Å². The number of methoxy groups -OCH3 is 3. The summed E-state index contributed by atoms with van der Waals surface area (Å²) >= 11 is 0. The van der Waals surface area contributed by atoms with E-state index in [2.05, 4.69) is 5.32 Å². The molecule has 0 aliphatic carbocycles. The van der Waals surface area contributed by atoms with Crippen LogP contribution in [-0.2, 0) is 6.18 Å². The predicted molar refractivity (Wildman–Crippen MR) is 130 cm³/mol. The fourth-order valence-electron chi connectivity index (χ4n) is 3.26. The topological polar surface area (TPSA) is 56.8 Å². The van der Waals surface area contributed by atoms with E-state index in [-0.39, 0.29) is 5.56 Å². The molecule has 0 amide bonds. The van der Waals surface area contributed by atoms with Crippen molar-refractivity contribution in [3.63, 3.8) is 0 Å². The second-order valence-corrected chi connectivity index (χ2v) is 7.33. The summed E-state index contributed by atoms with van der Waals surface area (Å²) in [5, 5.41) is 3.00. The number of hydrogen-bond acceptors (Lipinski definition) is 5. The molecule has 0 aliphatic rings. The van der Waals surface area contributed by atoms with Crippen molar-refractivity contribution < 1.29 is 32.2 Å². The first-order valence-corrected chi connectivity index (χ1v) is 10.5. The van der Waals surface area contributed by atoms with Gasteiger partial charge in [-0.05, 0) is 47.5 Å². The molecule has 8 heteroatoms. The largest absolute Gasteiger partial charge is 0.493 e. The average molecular weight is 483 g/mol. The third kappa shape index (κ3) is 6.66. The quantitative estimate of drug-likeness (QED) is 0.208. The van der Waals surface area contributed by atoms with Crippen LogP contribution in [0.4, 0.5) is 18.9 Å². The van der Waals surface area contributed by atoms with Crippen LogP contribution in [0.25, 0.3) is 12.2 Å². The molecule has 0 saturated carbocycles. The van der Waals surface area contributed by atoms with Crippen molar-refractivity contribution >= 4 is 23.6 Å². The van der Waals surface area contributed by atoms with Gasteiger partial charge in [0.2, 0.25) is 5.75 Å². The van der Waals surface area contributed by atoms with Crippen LogP contribution in [0.5, 0.6) is 17.2 Å². The van der Waals surface area contributed by atoms with E-state index < -0.39 is 17.5 Å². The van der Waals surface area contributed by atoms with Crippen molar-refractivity contribution in [2.75, 3.05) is 26.6 Å². The first kappa shape index (κ1) is 25.4. The average Bonchev–Trinajstić information content (AvgIpc) is 2.86. The highest BCUT2D eigenvalue weighted by atomic mass is 19.4. The van der Waals surface area contributed by atoms with Crippen LogP contribution in [0.1, 0.15) is 27.0 Å². The maximum Gasteiger partial charge on any atom is 0.416 e. The number of nitrogens with one attached hydrogen (secondary N) is 1. The van der Waals surface area contributed by atoms with Crippen LogP contribution < -0.4 is 19.5 Å². The van der Waals surface area contributed by atoms with Gasteiger partial charge in [0.1, 0.15) is 0 Å². The van der Waals surface area contributed by atoms with Gasteiger partial charge in [-0.25, -0.2) is 0 Å². The normalized spacial score (nSPS) is 11.6. The molecule has 0 spiro atoms. The fourth-order valence-corrected chi connectivity index (χ4v) is 3.26. The molecule has 0 unspecified atom stereocenters. The van der Waals surface area contributed by atoms with Gasteiger partial charge in [0.25, 0.3) is 0 Å². The molecule has 3 rings (SSSR count). The Hall–Kier alpha value is -4.20. The van der Waals surface area contributed by atoms with Crippen LogP contribution in [0.2, 0.25) is 0 Å². The zero-order valence-electron chi connectivity index (χ0n) is 19.3. The summed E-state index contributed by atoms with van der Waals surface area (Å²) in [6.45, 7) is 0. The van der Waals surface area contributed by atoms with E-state index in [0.717, 1.165) is 41.1 Å². The van der Waals surface area contributed by atoms with Crippen molar-refractivity contribution in [1.82, 2.24) is 0 Å². The Bertz CT molecular complexity index is 1210. The van der Waals surface area contributed by atoms with Crippen LogP contribution in [0.3, 0.4) is 0 Å². The summed E-state index contributed by atoms with van der Waals surface area (Å²) in [7, 11) is 4.64. The highest BCUT2D eigenvalue weighted by Crippen LogP contribution is 2.38. The van der Waals surface area contributed by atoms with Gasteiger partial charge >= 0.3 is 6.18 Å². The van der Waals surface area contributed by atoms with Crippen molar-refractivity contribution in [3.05, 3.63) is 95.2 Å². The summed E-state index contributed by atoms with van der Waals surface area (Å²) in [6.07, 6.45) is 2.07. The first-order chi connectivity index (χ1) is 16.7. The van der Waals surface area contributed by atoms with Gasteiger partial charge in [0.15, 0.2) is 17.3 Å². The highest BCUT2D eigenvalue weighted by Gasteiger charge is 2.30. The molecule has 3 aromatic carbocycles. The van der Waals surface area contributed by atoms with Crippen molar-refractivity contribution in [2.45, 2.75) is 6.18 Å². The number of carbonyl (C=O) groups excluding carboxylic acids is 1. The van der Waals surface area contributed by atoms with E-state index >= 15 is 0 Å². The van der Waals surface area contributed by atoms with E-state index in [4.69, 9.17) is 14.2 Å². The molecule has 0 bridgehead atoms. The van der Waals surface area contributed by atoms with Crippen LogP contribution in [0.15, 0.2) is 72.9 Å². The lowest BCUT2D eigenvalue weighted by Gasteiger charge is -2.12. The number of allylic oxidation sites excluding steroid dienone is 1. The summed E-state index contributed by atoms with van der Waals surface area (Å²) in [6, 6.07) is 15.2. The Balaban J connectivity index is 1.68. The molecule has 0 aromatic heterocycles. The van der Waals surface area contributed by atoms with Gasteiger partial charge < -0.3 is 19.5 Å². The molecule has 5 nitrogen and oxygen atoms in total. The number of anilines is 1. The molecule has 3 aromatic rings. The van der Waals surface area contributed by atoms with Gasteiger partial charge in [-0.3, -0.25) is 4.79 Å². The SMILES string of the molecule is COc1cc(C=Cc2cccc(NC=CC(=O)c3ccc(C(F)(F)F)cc3)c2)cc(OC)c1OC. The second kappa shape index (κ2) is 11.3. The van der Waals surface area contributed by atoms with E-state index in [1.807, 2.05) is 48.6 Å². The number of hydrogen-bond donors (Lipinski definition) is 1. The van der Waals surface area contributed by atoms with Gasteiger partial charge in [0, 0.05) is 23.5 Å². The van der Waals surface area contributed by atoms with Crippen LogP contribution in [-0.4, -0.2) is 27.1 Å². The number of alkyl halides is 3. The number of ketones is 1. The Kier molecular flexibility index (Phi) is 8.20. The molecule has 0 fully saturated rings.